The highest BCUT2D eigenvalue weighted by molar-refractivity contribution is 5.95. The maximum absolute atomic E-state index is 12.7. The summed E-state index contributed by atoms with van der Waals surface area (Å²) in [5.41, 5.74) is 2.92. The van der Waals surface area contributed by atoms with Gasteiger partial charge >= 0.3 is 0 Å². The van der Waals surface area contributed by atoms with Crippen molar-refractivity contribution in [1.29, 1.82) is 0 Å². The summed E-state index contributed by atoms with van der Waals surface area (Å²) >= 11 is 0. The lowest BCUT2D eigenvalue weighted by Gasteiger charge is -2.07. The molecule has 0 aliphatic carbocycles. The van der Waals surface area contributed by atoms with Crippen LogP contribution in [0.5, 0.6) is 17.5 Å². The molecule has 8 nitrogen and oxygen atoms in total. The number of methoxy groups -OCH3 is 2. The summed E-state index contributed by atoms with van der Waals surface area (Å²) in [7, 11) is 3.00. The van der Waals surface area contributed by atoms with Gasteiger partial charge in [-0.15, -0.1) is 0 Å². The number of ether oxygens (including phenoxy) is 2. The number of rotatable bonds is 6. The second kappa shape index (κ2) is 7.62. The highest BCUT2D eigenvalue weighted by atomic mass is 19.3. The molecule has 0 unspecified atom stereocenters. The SMILES string of the molecule is COc1cncc(-c2cc(C)c3c(O)n(-c4cnn(CC(F)F)c4)c(OC)c3n2)c1. The predicted molar refractivity (Wildman–Crippen MR) is 106 cm³/mol. The molecule has 0 aliphatic heterocycles. The van der Waals surface area contributed by atoms with Gasteiger partial charge in [-0.25, -0.2) is 18.3 Å². The number of aromatic nitrogens is 5. The van der Waals surface area contributed by atoms with Gasteiger partial charge in [0.05, 0.1) is 43.4 Å². The van der Waals surface area contributed by atoms with Crippen LogP contribution in [-0.4, -0.2) is 50.1 Å². The minimum Gasteiger partial charge on any atom is -0.495 e. The largest absolute Gasteiger partial charge is 0.495 e. The van der Waals surface area contributed by atoms with Crippen molar-refractivity contribution in [1.82, 2.24) is 24.3 Å². The van der Waals surface area contributed by atoms with Gasteiger partial charge in [0.2, 0.25) is 11.8 Å². The Bertz CT molecular complexity index is 1220. The zero-order valence-electron chi connectivity index (χ0n) is 16.5. The summed E-state index contributed by atoms with van der Waals surface area (Å²) in [5.74, 6) is 0.740. The number of fused-ring (bicyclic) bond motifs is 1. The molecule has 0 amide bonds. The number of nitrogens with zero attached hydrogens (tertiary/aromatic N) is 5. The first-order valence-electron chi connectivity index (χ1n) is 9.02. The van der Waals surface area contributed by atoms with E-state index in [-0.39, 0.29) is 11.8 Å². The second-order valence-electron chi connectivity index (χ2n) is 6.64. The number of halogens is 2. The molecule has 156 valence electrons. The fourth-order valence-electron chi connectivity index (χ4n) is 3.38. The maximum atomic E-state index is 12.7. The third kappa shape index (κ3) is 3.30. The van der Waals surface area contributed by atoms with Crippen LogP contribution in [-0.2, 0) is 6.54 Å². The van der Waals surface area contributed by atoms with E-state index in [9.17, 15) is 13.9 Å². The average Bonchev–Trinajstić information content (AvgIpc) is 3.29. The molecular formula is C20H19F2N5O3. The monoisotopic (exact) mass is 415 g/mol. The molecule has 0 radical (unpaired) electrons. The van der Waals surface area contributed by atoms with Gasteiger partial charge in [0, 0.05) is 18.0 Å². The molecule has 0 aromatic carbocycles. The molecule has 0 aliphatic rings. The number of aromatic hydroxyl groups is 1. The summed E-state index contributed by atoms with van der Waals surface area (Å²) < 4.78 is 38.6. The summed E-state index contributed by atoms with van der Waals surface area (Å²) in [6.45, 7) is 1.29. The van der Waals surface area contributed by atoms with Gasteiger partial charge in [-0.05, 0) is 24.6 Å². The molecule has 4 rings (SSSR count). The van der Waals surface area contributed by atoms with E-state index in [2.05, 4.69) is 15.1 Å². The third-order valence-corrected chi connectivity index (χ3v) is 4.70. The molecule has 0 saturated carbocycles. The van der Waals surface area contributed by atoms with Gasteiger partial charge in [0.25, 0.3) is 6.43 Å². The Morgan fingerprint density at radius 1 is 1.13 bits per heavy atom. The number of hydrogen-bond donors (Lipinski definition) is 1. The normalized spacial score (nSPS) is 11.4. The maximum Gasteiger partial charge on any atom is 0.257 e. The molecule has 0 spiro atoms. The van der Waals surface area contributed by atoms with Crippen molar-refractivity contribution in [2.24, 2.45) is 0 Å². The minimum absolute atomic E-state index is 0.112. The van der Waals surface area contributed by atoms with Crippen LogP contribution in [0.4, 0.5) is 8.78 Å². The van der Waals surface area contributed by atoms with Crippen molar-refractivity contribution in [2.75, 3.05) is 14.2 Å². The Hall–Kier alpha value is -3.69. The summed E-state index contributed by atoms with van der Waals surface area (Å²) in [6.07, 6.45) is 3.50. The highest BCUT2D eigenvalue weighted by Gasteiger charge is 2.24. The molecule has 30 heavy (non-hydrogen) atoms. The topological polar surface area (TPSA) is 87.2 Å². The quantitative estimate of drug-likeness (QED) is 0.518. The van der Waals surface area contributed by atoms with Gasteiger partial charge in [-0.1, -0.05) is 0 Å². The molecule has 0 fully saturated rings. The van der Waals surface area contributed by atoms with Crippen LogP contribution < -0.4 is 9.47 Å². The van der Waals surface area contributed by atoms with Crippen LogP contribution in [0.15, 0.2) is 36.9 Å². The molecule has 4 aromatic rings. The Kier molecular flexibility index (Phi) is 4.98. The zero-order chi connectivity index (χ0) is 21.4. The van der Waals surface area contributed by atoms with Gasteiger partial charge in [0.1, 0.15) is 17.8 Å². The molecular weight excluding hydrogens is 396 g/mol. The van der Waals surface area contributed by atoms with Crippen LogP contribution in [0.25, 0.3) is 27.8 Å². The van der Waals surface area contributed by atoms with Crippen molar-refractivity contribution in [3.8, 4) is 34.5 Å². The van der Waals surface area contributed by atoms with Crippen LogP contribution in [0.2, 0.25) is 0 Å². The summed E-state index contributed by atoms with van der Waals surface area (Å²) in [5, 5.41) is 15.3. The first-order valence-corrected chi connectivity index (χ1v) is 9.02. The molecule has 0 atom stereocenters. The second-order valence-corrected chi connectivity index (χ2v) is 6.64. The van der Waals surface area contributed by atoms with E-state index >= 15 is 0 Å². The van der Waals surface area contributed by atoms with E-state index in [0.717, 1.165) is 15.8 Å². The first-order chi connectivity index (χ1) is 14.4. The first kappa shape index (κ1) is 19.6. The smallest absolute Gasteiger partial charge is 0.257 e. The fraction of sp³-hybridized carbons (Fsp3) is 0.250. The van der Waals surface area contributed by atoms with Gasteiger partial charge in [-0.3, -0.25) is 9.67 Å². The average molecular weight is 415 g/mol. The molecule has 4 aromatic heterocycles. The third-order valence-electron chi connectivity index (χ3n) is 4.70. The zero-order valence-corrected chi connectivity index (χ0v) is 16.5. The molecule has 4 heterocycles. The Balaban J connectivity index is 1.90. The van der Waals surface area contributed by atoms with Crippen molar-refractivity contribution in [3.63, 3.8) is 0 Å². The van der Waals surface area contributed by atoms with Crippen molar-refractivity contribution in [3.05, 3.63) is 42.5 Å². The molecule has 10 heteroatoms. The van der Waals surface area contributed by atoms with Crippen molar-refractivity contribution in [2.45, 2.75) is 19.9 Å². The standard InChI is InChI=1S/C20H19F2N5O3/c1-11-4-15(12-5-14(29-2)8-23-6-12)25-18-17(11)19(28)27(20(18)30-3)13-7-24-26(9-13)10-16(21)22/h4-9,16,28H,10H2,1-3H3. The van der Waals surface area contributed by atoms with Crippen LogP contribution in [0.3, 0.4) is 0 Å². The van der Waals surface area contributed by atoms with Crippen LogP contribution in [0.1, 0.15) is 5.56 Å². The van der Waals surface area contributed by atoms with Gasteiger partial charge in [-0.2, -0.15) is 5.10 Å². The van der Waals surface area contributed by atoms with E-state index in [1.807, 2.05) is 13.0 Å². The lowest BCUT2D eigenvalue weighted by molar-refractivity contribution is 0.122. The van der Waals surface area contributed by atoms with Crippen molar-refractivity contribution >= 4 is 10.9 Å². The fourth-order valence-corrected chi connectivity index (χ4v) is 3.38. The number of pyridine rings is 2. The van der Waals surface area contributed by atoms with Crippen molar-refractivity contribution < 1.29 is 23.4 Å². The molecule has 0 saturated heterocycles. The Morgan fingerprint density at radius 3 is 2.63 bits per heavy atom. The van der Waals surface area contributed by atoms with Gasteiger partial charge < -0.3 is 14.6 Å². The molecule has 1 N–H and O–H groups in total. The van der Waals surface area contributed by atoms with Crippen LogP contribution in [0, 0.1) is 6.92 Å². The van der Waals surface area contributed by atoms with Crippen LogP contribution >= 0.6 is 0 Å². The Labute approximate surface area is 170 Å². The Morgan fingerprint density at radius 2 is 1.93 bits per heavy atom. The van der Waals surface area contributed by atoms with E-state index in [1.54, 1.807) is 25.6 Å². The summed E-state index contributed by atoms with van der Waals surface area (Å²) in [4.78, 5) is 8.82. The van der Waals surface area contributed by atoms with E-state index in [4.69, 9.17) is 9.47 Å². The highest BCUT2D eigenvalue weighted by Crippen LogP contribution is 2.41. The lowest BCUT2D eigenvalue weighted by Crippen LogP contribution is -2.06. The predicted octanol–water partition coefficient (Wildman–Crippen LogP) is 3.58. The van der Waals surface area contributed by atoms with E-state index in [0.29, 0.717) is 28.0 Å². The minimum atomic E-state index is -2.54. The van der Waals surface area contributed by atoms with Gasteiger partial charge in [0.15, 0.2) is 0 Å². The van der Waals surface area contributed by atoms with E-state index in [1.165, 1.54) is 24.1 Å². The lowest BCUT2D eigenvalue weighted by atomic mass is 10.1. The number of alkyl halides is 2. The number of hydrogen-bond acceptors (Lipinski definition) is 6. The van der Waals surface area contributed by atoms with E-state index < -0.39 is 13.0 Å². The summed E-state index contributed by atoms with van der Waals surface area (Å²) in [6, 6.07) is 3.63. The molecule has 0 bridgehead atoms. The number of aryl methyl sites for hydroxylation is 1.